The molecule has 55 heavy (non-hydrogen) atoms. The van der Waals surface area contributed by atoms with Crippen LogP contribution in [-0.2, 0) is 30.0 Å². The van der Waals surface area contributed by atoms with Gasteiger partial charge in [0, 0.05) is 11.1 Å². The van der Waals surface area contributed by atoms with E-state index in [1.807, 2.05) is 62.4 Å². The Labute approximate surface area is 312 Å². The molecule has 10 nitrogen and oxygen atoms in total. The van der Waals surface area contributed by atoms with Crippen LogP contribution in [0.4, 0.5) is 26.3 Å². The standard InChI is InChI=1S/C20H19F3N4O.C19H19F3N4O/c1-3-18(13(2)28)27-25-19(24-26-27)17-7-5-4-6-15(17)12-14-8-10-16(11-9-14)20(21,22)23;1-2-16(12-27)26-24-18(23-25-26)17-6-4-3-5-14(17)11-13-7-9-15(10-8-13)19(20,21)22/h4-11,18H,3,12H2,1-2H3;3-10,16,27H,2,11-12H2,1H3. The number of ketones is 1. The van der Waals surface area contributed by atoms with Gasteiger partial charge < -0.3 is 5.11 Å². The topological polar surface area (TPSA) is 125 Å². The van der Waals surface area contributed by atoms with Crippen molar-refractivity contribution in [2.24, 2.45) is 0 Å². The van der Waals surface area contributed by atoms with Crippen LogP contribution in [0.15, 0.2) is 97.1 Å². The molecule has 0 radical (unpaired) electrons. The molecule has 6 rings (SSSR count). The monoisotopic (exact) mass is 764 g/mol. The van der Waals surface area contributed by atoms with Gasteiger partial charge in [0.2, 0.25) is 11.6 Å². The Bertz CT molecular complexity index is 2160. The van der Waals surface area contributed by atoms with Gasteiger partial charge in [-0.1, -0.05) is 86.6 Å². The third-order valence-electron chi connectivity index (χ3n) is 8.87. The normalized spacial score (nSPS) is 12.8. The highest BCUT2D eigenvalue weighted by atomic mass is 19.4. The molecule has 0 aliphatic rings. The molecule has 0 amide bonds. The van der Waals surface area contributed by atoms with Crippen molar-refractivity contribution in [2.75, 3.05) is 6.61 Å². The second-order valence-corrected chi connectivity index (χ2v) is 12.7. The molecule has 288 valence electrons. The molecular formula is C39H38F6N8O2. The maximum atomic E-state index is 12.7. The van der Waals surface area contributed by atoms with E-state index in [9.17, 15) is 36.2 Å². The van der Waals surface area contributed by atoms with E-state index in [0.29, 0.717) is 37.3 Å². The number of halogens is 6. The molecule has 6 aromatic rings. The first kappa shape index (κ1) is 40.4. The van der Waals surface area contributed by atoms with Crippen LogP contribution in [0, 0.1) is 0 Å². The SMILES string of the molecule is CCC(C(C)=O)n1nnc(-c2ccccc2Cc2ccc(C(F)(F)F)cc2)n1.CCC(CO)n1nnc(-c2ccccc2Cc2ccc(C(F)(F)F)cc2)n1. The van der Waals surface area contributed by atoms with Crippen LogP contribution in [0.2, 0.25) is 0 Å². The van der Waals surface area contributed by atoms with Gasteiger partial charge in [-0.15, -0.1) is 20.4 Å². The first-order chi connectivity index (χ1) is 26.2. The minimum absolute atomic E-state index is 0.0514. The Hall–Kier alpha value is -5.77. The number of aliphatic hydroxyl groups excluding tert-OH is 1. The highest BCUT2D eigenvalue weighted by Crippen LogP contribution is 2.31. The fraction of sp³-hybridized carbons (Fsp3) is 0.308. The largest absolute Gasteiger partial charge is 0.416 e. The lowest BCUT2D eigenvalue weighted by atomic mass is 9.98. The summed E-state index contributed by atoms with van der Waals surface area (Å²) in [5, 5.41) is 34.2. The average molecular weight is 765 g/mol. The van der Waals surface area contributed by atoms with Crippen molar-refractivity contribution in [1.29, 1.82) is 0 Å². The van der Waals surface area contributed by atoms with Crippen LogP contribution in [0.5, 0.6) is 0 Å². The number of Topliss-reactive ketones (excluding diaryl/α,β-unsaturated/α-hetero) is 1. The molecule has 0 fully saturated rings. The summed E-state index contributed by atoms with van der Waals surface area (Å²) >= 11 is 0. The van der Waals surface area contributed by atoms with Crippen molar-refractivity contribution in [3.8, 4) is 22.8 Å². The molecule has 1 N–H and O–H groups in total. The molecule has 0 saturated carbocycles. The highest BCUT2D eigenvalue weighted by Gasteiger charge is 2.31. The van der Waals surface area contributed by atoms with Crippen molar-refractivity contribution in [2.45, 2.75) is 70.9 Å². The van der Waals surface area contributed by atoms with Gasteiger partial charge in [0.25, 0.3) is 0 Å². The van der Waals surface area contributed by atoms with E-state index in [1.165, 1.54) is 40.8 Å². The van der Waals surface area contributed by atoms with Crippen LogP contribution < -0.4 is 0 Å². The summed E-state index contributed by atoms with van der Waals surface area (Å²) in [5.74, 6) is 0.746. The summed E-state index contributed by atoms with van der Waals surface area (Å²) in [7, 11) is 0. The second-order valence-electron chi connectivity index (χ2n) is 12.7. The minimum atomic E-state index is -4.36. The maximum Gasteiger partial charge on any atom is 0.416 e. The Balaban J connectivity index is 0.000000211. The van der Waals surface area contributed by atoms with Gasteiger partial charge >= 0.3 is 12.4 Å². The van der Waals surface area contributed by atoms with E-state index in [2.05, 4.69) is 30.8 Å². The van der Waals surface area contributed by atoms with E-state index in [1.54, 1.807) is 0 Å². The van der Waals surface area contributed by atoms with Gasteiger partial charge in [0.1, 0.15) is 6.04 Å². The van der Waals surface area contributed by atoms with Gasteiger partial charge in [0.15, 0.2) is 5.78 Å². The van der Waals surface area contributed by atoms with Crippen molar-refractivity contribution < 1.29 is 36.2 Å². The van der Waals surface area contributed by atoms with Crippen LogP contribution in [0.3, 0.4) is 0 Å². The molecule has 2 atom stereocenters. The molecule has 0 bridgehead atoms. The van der Waals surface area contributed by atoms with Gasteiger partial charge in [-0.05, 0) is 89.6 Å². The van der Waals surface area contributed by atoms with Crippen LogP contribution in [-0.4, -0.2) is 57.9 Å². The number of nitrogens with zero attached hydrogens (tertiary/aromatic N) is 8. The number of carbonyl (C=O) groups is 1. The van der Waals surface area contributed by atoms with Crippen LogP contribution >= 0.6 is 0 Å². The Morgan fingerprint density at radius 3 is 1.44 bits per heavy atom. The van der Waals surface area contributed by atoms with Gasteiger partial charge in [0.05, 0.1) is 23.8 Å². The summed E-state index contributed by atoms with van der Waals surface area (Å²) in [6, 6.07) is 24.3. The van der Waals surface area contributed by atoms with Crippen molar-refractivity contribution >= 4 is 5.78 Å². The molecular weight excluding hydrogens is 726 g/mol. The zero-order valence-electron chi connectivity index (χ0n) is 30.1. The Morgan fingerprint density at radius 1 is 0.636 bits per heavy atom. The molecule has 2 aromatic heterocycles. The fourth-order valence-corrected chi connectivity index (χ4v) is 5.78. The van der Waals surface area contributed by atoms with Crippen molar-refractivity contribution in [3.05, 3.63) is 130 Å². The molecule has 16 heteroatoms. The predicted molar refractivity (Wildman–Crippen MR) is 191 cm³/mol. The number of aliphatic hydroxyl groups is 1. The van der Waals surface area contributed by atoms with Gasteiger partial charge in [-0.25, -0.2) is 0 Å². The number of alkyl halides is 6. The summed E-state index contributed by atoms with van der Waals surface area (Å²) in [6.45, 7) is 5.19. The number of rotatable bonds is 12. The smallest absolute Gasteiger partial charge is 0.394 e. The number of carbonyl (C=O) groups excluding carboxylic acids is 1. The molecule has 2 heterocycles. The van der Waals surface area contributed by atoms with E-state index in [4.69, 9.17) is 0 Å². The summed E-state index contributed by atoms with van der Waals surface area (Å²) in [4.78, 5) is 14.4. The quantitative estimate of drug-likeness (QED) is 0.123. The number of benzene rings is 4. The molecule has 4 aromatic carbocycles. The van der Waals surface area contributed by atoms with E-state index < -0.39 is 29.5 Å². The minimum Gasteiger partial charge on any atom is -0.394 e. The Kier molecular flexibility index (Phi) is 12.9. The fourth-order valence-electron chi connectivity index (χ4n) is 5.78. The molecule has 0 aliphatic heterocycles. The van der Waals surface area contributed by atoms with Crippen LogP contribution in [0.1, 0.15) is 79.1 Å². The van der Waals surface area contributed by atoms with Crippen molar-refractivity contribution in [3.63, 3.8) is 0 Å². The lowest BCUT2D eigenvalue weighted by Crippen LogP contribution is -2.18. The maximum absolute atomic E-state index is 12.7. The number of aromatic nitrogens is 8. The van der Waals surface area contributed by atoms with E-state index >= 15 is 0 Å². The second kappa shape index (κ2) is 17.6. The zero-order valence-corrected chi connectivity index (χ0v) is 30.1. The van der Waals surface area contributed by atoms with E-state index in [0.717, 1.165) is 57.6 Å². The van der Waals surface area contributed by atoms with E-state index in [-0.39, 0.29) is 18.4 Å². The number of tetrazole rings is 2. The summed E-state index contributed by atoms with van der Waals surface area (Å²) in [5.41, 5.74) is 3.38. The first-order valence-corrected chi connectivity index (χ1v) is 17.4. The number of hydrogen-bond donors (Lipinski definition) is 1. The van der Waals surface area contributed by atoms with Crippen LogP contribution in [0.25, 0.3) is 22.8 Å². The Morgan fingerprint density at radius 2 is 1.05 bits per heavy atom. The zero-order chi connectivity index (χ0) is 39.8. The van der Waals surface area contributed by atoms with Gasteiger partial charge in [-0.3, -0.25) is 4.79 Å². The lowest BCUT2D eigenvalue weighted by molar-refractivity contribution is -0.138. The molecule has 0 spiro atoms. The average Bonchev–Trinajstić information content (AvgIpc) is 3.84. The lowest BCUT2D eigenvalue weighted by Gasteiger charge is -2.10. The third kappa shape index (κ3) is 10.3. The summed E-state index contributed by atoms with van der Waals surface area (Å²) < 4.78 is 76.3. The predicted octanol–water partition coefficient (Wildman–Crippen LogP) is 8.38. The molecule has 2 unspecified atom stereocenters. The molecule has 0 aliphatic carbocycles. The number of hydrogen-bond acceptors (Lipinski definition) is 8. The third-order valence-corrected chi connectivity index (χ3v) is 8.87. The van der Waals surface area contributed by atoms with Gasteiger partial charge in [-0.2, -0.15) is 35.9 Å². The van der Waals surface area contributed by atoms with Crippen molar-refractivity contribution in [1.82, 2.24) is 40.4 Å². The summed E-state index contributed by atoms with van der Waals surface area (Å²) in [6.07, 6.45) is -6.61. The highest BCUT2D eigenvalue weighted by molar-refractivity contribution is 5.79. The first-order valence-electron chi connectivity index (χ1n) is 17.4. The molecule has 0 saturated heterocycles.